The Balaban J connectivity index is 1.95. The lowest BCUT2D eigenvalue weighted by molar-refractivity contribution is 0.108. The van der Waals surface area contributed by atoms with Crippen molar-refractivity contribution in [1.82, 2.24) is 4.90 Å². The van der Waals surface area contributed by atoms with Gasteiger partial charge in [-0.15, -0.1) is 0 Å². The summed E-state index contributed by atoms with van der Waals surface area (Å²) in [4.78, 5) is 14.2. The van der Waals surface area contributed by atoms with Gasteiger partial charge in [0.15, 0.2) is 0 Å². The number of carbonyl (C=O) groups is 1. The molecule has 0 aliphatic carbocycles. The zero-order valence-electron chi connectivity index (χ0n) is 14.0. The smallest absolute Gasteiger partial charge is 0.414 e. The van der Waals surface area contributed by atoms with E-state index in [9.17, 15) is 4.79 Å². The number of unbranched alkanes of at least 4 members (excludes halogenated alkanes) is 2. The van der Waals surface area contributed by atoms with Gasteiger partial charge in [-0.2, -0.15) is 0 Å². The first-order valence-electron chi connectivity index (χ1n) is 8.66. The molecular formula is C20H27NO2. The van der Waals surface area contributed by atoms with Gasteiger partial charge in [-0.3, -0.25) is 4.90 Å². The Morgan fingerprint density at radius 2 is 2.09 bits per heavy atom. The van der Waals surface area contributed by atoms with Gasteiger partial charge in [0, 0.05) is 12.2 Å². The third-order valence-electron chi connectivity index (χ3n) is 3.94. The first-order valence-corrected chi connectivity index (χ1v) is 8.66. The molecule has 1 aliphatic heterocycles. The normalized spacial score (nSPS) is 15.3. The molecule has 0 saturated carbocycles. The second kappa shape index (κ2) is 9.88. The summed E-state index contributed by atoms with van der Waals surface area (Å²) in [5.41, 5.74) is 2.00. The number of nitrogens with zero attached hydrogens (tertiary/aromatic N) is 1. The van der Waals surface area contributed by atoms with Crippen molar-refractivity contribution in [3.05, 3.63) is 59.8 Å². The van der Waals surface area contributed by atoms with Crippen LogP contribution in [-0.4, -0.2) is 17.5 Å². The highest BCUT2D eigenvalue weighted by Crippen LogP contribution is 2.18. The van der Waals surface area contributed by atoms with Crippen LogP contribution in [0.15, 0.2) is 54.3 Å². The van der Waals surface area contributed by atoms with E-state index in [0.717, 1.165) is 43.5 Å². The van der Waals surface area contributed by atoms with Gasteiger partial charge >= 0.3 is 6.09 Å². The van der Waals surface area contributed by atoms with Crippen molar-refractivity contribution in [3.63, 3.8) is 0 Å². The third-order valence-corrected chi connectivity index (χ3v) is 3.94. The summed E-state index contributed by atoms with van der Waals surface area (Å²) < 4.78 is 5.49. The molecule has 0 radical (unpaired) electrons. The standard InChI is InChI=1S/C20H27NO2/c1-2-3-4-9-14-19-15-10-6-11-16-21(19)20(22)23-17-18-12-7-5-8-13-18/h5,7-9,12-15H,2-4,6,10-11,16-17H2,1H3/b14-9+. The minimum atomic E-state index is -0.248. The number of benzene rings is 1. The first-order chi connectivity index (χ1) is 11.3. The fourth-order valence-corrected chi connectivity index (χ4v) is 2.58. The van der Waals surface area contributed by atoms with Crippen LogP contribution in [0, 0.1) is 0 Å². The first kappa shape index (κ1) is 17.3. The third kappa shape index (κ3) is 5.93. The largest absolute Gasteiger partial charge is 0.444 e. The van der Waals surface area contributed by atoms with E-state index in [1.165, 1.54) is 12.8 Å². The number of amides is 1. The molecule has 0 saturated heterocycles. The SMILES string of the molecule is CCCC/C=C/C1=CCCCCN1C(=O)OCc1ccccc1. The molecule has 2 rings (SSSR count). The maximum Gasteiger partial charge on any atom is 0.414 e. The van der Waals surface area contributed by atoms with Crippen LogP contribution in [-0.2, 0) is 11.3 Å². The molecule has 124 valence electrons. The average Bonchev–Trinajstić information content (AvgIpc) is 2.83. The highest BCUT2D eigenvalue weighted by molar-refractivity contribution is 5.70. The van der Waals surface area contributed by atoms with Crippen molar-refractivity contribution in [2.45, 2.75) is 52.1 Å². The van der Waals surface area contributed by atoms with E-state index in [1.54, 1.807) is 4.90 Å². The van der Waals surface area contributed by atoms with Crippen molar-refractivity contribution in [2.75, 3.05) is 6.54 Å². The van der Waals surface area contributed by atoms with Gasteiger partial charge in [-0.1, -0.05) is 62.2 Å². The molecule has 0 atom stereocenters. The van der Waals surface area contributed by atoms with E-state index in [2.05, 4.69) is 25.2 Å². The Morgan fingerprint density at radius 1 is 1.26 bits per heavy atom. The van der Waals surface area contributed by atoms with Crippen LogP contribution < -0.4 is 0 Å². The molecule has 3 heteroatoms. The molecule has 1 heterocycles. The Kier molecular flexibility index (Phi) is 7.44. The topological polar surface area (TPSA) is 29.5 Å². The molecule has 1 aromatic carbocycles. The number of rotatable bonds is 6. The molecule has 3 nitrogen and oxygen atoms in total. The predicted octanol–water partition coefficient (Wildman–Crippen LogP) is 5.44. The fraction of sp³-hybridized carbons (Fsp3) is 0.450. The molecule has 1 aromatic rings. The summed E-state index contributed by atoms with van der Waals surface area (Å²) in [5, 5.41) is 0. The molecule has 0 fully saturated rings. The molecule has 0 bridgehead atoms. The van der Waals surface area contributed by atoms with Crippen LogP contribution in [0.5, 0.6) is 0 Å². The molecule has 0 N–H and O–H groups in total. The number of ether oxygens (including phenoxy) is 1. The van der Waals surface area contributed by atoms with Crippen LogP contribution in [0.1, 0.15) is 51.0 Å². The highest BCUT2D eigenvalue weighted by Gasteiger charge is 2.19. The van der Waals surface area contributed by atoms with Crippen molar-refractivity contribution >= 4 is 6.09 Å². The molecule has 1 amide bonds. The number of carbonyl (C=O) groups excluding carboxylic acids is 1. The maximum atomic E-state index is 12.5. The van der Waals surface area contributed by atoms with Crippen LogP contribution in [0.4, 0.5) is 4.79 Å². The van der Waals surface area contributed by atoms with Crippen LogP contribution in [0.3, 0.4) is 0 Å². The Bertz CT molecular complexity index is 534. The van der Waals surface area contributed by atoms with E-state index in [-0.39, 0.29) is 6.09 Å². The van der Waals surface area contributed by atoms with E-state index in [0.29, 0.717) is 6.61 Å². The van der Waals surface area contributed by atoms with E-state index in [1.807, 2.05) is 30.3 Å². The average molecular weight is 313 g/mol. The summed E-state index contributed by atoms with van der Waals surface area (Å²) in [6.07, 6.45) is 12.7. The Hall–Kier alpha value is -2.03. The van der Waals surface area contributed by atoms with Gasteiger partial charge in [-0.05, 0) is 37.3 Å². The summed E-state index contributed by atoms with van der Waals surface area (Å²) in [5.74, 6) is 0. The Labute approximate surface area is 139 Å². The van der Waals surface area contributed by atoms with Crippen molar-refractivity contribution in [2.24, 2.45) is 0 Å². The number of allylic oxidation sites excluding steroid dienone is 3. The number of hydrogen-bond acceptors (Lipinski definition) is 2. The molecule has 0 unspecified atom stereocenters. The molecular weight excluding hydrogens is 286 g/mol. The minimum absolute atomic E-state index is 0.248. The zero-order chi connectivity index (χ0) is 16.3. The van der Waals surface area contributed by atoms with Gasteiger partial charge in [0.2, 0.25) is 0 Å². The summed E-state index contributed by atoms with van der Waals surface area (Å²) in [6, 6.07) is 9.81. The molecule has 0 spiro atoms. The van der Waals surface area contributed by atoms with Crippen LogP contribution >= 0.6 is 0 Å². The van der Waals surface area contributed by atoms with Gasteiger partial charge in [-0.25, -0.2) is 4.79 Å². The molecule has 0 aromatic heterocycles. The van der Waals surface area contributed by atoms with Crippen molar-refractivity contribution in [3.8, 4) is 0 Å². The lowest BCUT2D eigenvalue weighted by atomic mass is 10.2. The summed E-state index contributed by atoms with van der Waals surface area (Å²) >= 11 is 0. The van der Waals surface area contributed by atoms with Gasteiger partial charge in [0.1, 0.15) is 6.61 Å². The lowest BCUT2D eigenvalue weighted by Gasteiger charge is -2.21. The summed E-state index contributed by atoms with van der Waals surface area (Å²) in [6.45, 7) is 3.24. The Morgan fingerprint density at radius 3 is 2.87 bits per heavy atom. The predicted molar refractivity (Wildman–Crippen MR) is 93.9 cm³/mol. The van der Waals surface area contributed by atoms with Crippen LogP contribution in [0.25, 0.3) is 0 Å². The fourth-order valence-electron chi connectivity index (χ4n) is 2.58. The van der Waals surface area contributed by atoms with Gasteiger partial charge < -0.3 is 4.74 Å². The minimum Gasteiger partial charge on any atom is -0.444 e. The number of hydrogen-bond donors (Lipinski definition) is 0. The monoisotopic (exact) mass is 313 g/mol. The van der Waals surface area contributed by atoms with Gasteiger partial charge in [0.25, 0.3) is 0 Å². The highest BCUT2D eigenvalue weighted by atomic mass is 16.6. The molecule has 1 aliphatic rings. The second-order valence-corrected chi connectivity index (χ2v) is 5.86. The lowest BCUT2D eigenvalue weighted by Crippen LogP contribution is -2.30. The van der Waals surface area contributed by atoms with Crippen molar-refractivity contribution < 1.29 is 9.53 Å². The zero-order valence-corrected chi connectivity index (χ0v) is 14.0. The van der Waals surface area contributed by atoms with Gasteiger partial charge in [0.05, 0.1) is 0 Å². The van der Waals surface area contributed by atoms with Crippen LogP contribution in [0.2, 0.25) is 0 Å². The maximum absolute atomic E-state index is 12.5. The second-order valence-electron chi connectivity index (χ2n) is 5.86. The van der Waals surface area contributed by atoms with Crippen molar-refractivity contribution in [1.29, 1.82) is 0 Å². The summed E-state index contributed by atoms with van der Waals surface area (Å²) in [7, 11) is 0. The van der Waals surface area contributed by atoms with E-state index >= 15 is 0 Å². The van der Waals surface area contributed by atoms with E-state index < -0.39 is 0 Å². The van der Waals surface area contributed by atoms with E-state index in [4.69, 9.17) is 4.74 Å². The molecule has 23 heavy (non-hydrogen) atoms. The quantitative estimate of drug-likeness (QED) is 0.654.